The van der Waals surface area contributed by atoms with Crippen LogP contribution < -0.4 is 53.0 Å². The van der Waals surface area contributed by atoms with Crippen molar-refractivity contribution >= 4 is 78.3 Å². The maximum absolute atomic E-state index is 15.6. The molecule has 0 unspecified atom stereocenters. The van der Waals surface area contributed by atoms with Crippen LogP contribution in [-0.4, -0.2) is 130 Å². The van der Waals surface area contributed by atoms with Crippen LogP contribution in [0, 0.1) is 23.3 Å². The summed E-state index contributed by atoms with van der Waals surface area (Å²) in [7, 11) is 4.00. The quantitative estimate of drug-likeness (QED) is 0.0514. The molecule has 79 heavy (non-hydrogen) atoms. The number of piperazine rings is 2. The minimum Gasteiger partial charge on any atom is -0.545 e. The Morgan fingerprint density at radius 1 is 0.557 bits per heavy atom. The van der Waals surface area contributed by atoms with Crippen molar-refractivity contribution in [2.75, 3.05) is 75.9 Å². The van der Waals surface area contributed by atoms with Crippen LogP contribution in [0.15, 0.2) is 70.8 Å². The fraction of sp³-hybridized carbons (Fsp3) is 0.407. The third kappa shape index (κ3) is 13.6. The van der Waals surface area contributed by atoms with E-state index >= 15 is 17.6 Å². The Balaban J connectivity index is 0.000000248. The zero-order valence-electron chi connectivity index (χ0n) is 44.9. The van der Waals surface area contributed by atoms with Crippen molar-refractivity contribution in [3.63, 3.8) is 0 Å². The first-order chi connectivity index (χ1) is 37.4. The first-order valence-electron chi connectivity index (χ1n) is 24.9. The third-order valence-electron chi connectivity index (χ3n) is 13.1. The monoisotopic (exact) mass is 1150 g/mol. The molecule has 10 N–H and O–H groups in total. The van der Waals surface area contributed by atoms with Crippen molar-refractivity contribution in [2.24, 2.45) is 0 Å². The van der Waals surface area contributed by atoms with E-state index in [1.165, 1.54) is 9.13 Å². The number of halogens is 4. The van der Waals surface area contributed by atoms with E-state index in [1.807, 2.05) is 39.8 Å². The largest absolute Gasteiger partial charge is 2.00 e. The first-order valence-corrected chi connectivity index (χ1v) is 24.9. The normalized spacial score (nSPS) is 18.3. The van der Waals surface area contributed by atoms with Gasteiger partial charge in [0, 0.05) is 126 Å². The van der Waals surface area contributed by atoms with Gasteiger partial charge >= 0.3 is 17.1 Å². The van der Waals surface area contributed by atoms with E-state index in [2.05, 4.69) is 44.9 Å². The molecule has 0 bridgehead atoms. The molecule has 1 radical (unpaired) electrons. The average Bonchev–Trinajstić information content (AvgIpc) is 4.38. The average molecular weight is 1150 g/mol. The molecule has 2 aliphatic heterocycles. The Bertz CT molecular complexity index is 3180. The molecular weight excluding hydrogens is 1080 g/mol. The van der Waals surface area contributed by atoms with Crippen molar-refractivity contribution in [1.82, 2.24) is 29.7 Å². The molecule has 2 aliphatic carbocycles. The smallest absolute Gasteiger partial charge is 0.545 e. The molecule has 427 valence electrons. The summed E-state index contributed by atoms with van der Waals surface area (Å²) in [6.45, 7) is 9.12. The number of anilines is 4. The molecule has 25 heteroatoms. The second-order valence-electron chi connectivity index (χ2n) is 18.8. The zero-order chi connectivity index (χ0) is 58.0. The number of fused-ring (bicyclic) bond motifs is 5. The number of nitrogens with one attached hydrogen (secondary N) is 2. The number of aromatic carboxylic acids is 2. The summed E-state index contributed by atoms with van der Waals surface area (Å²) in [6.07, 6.45) is 8.61. The van der Waals surface area contributed by atoms with E-state index in [0.29, 0.717) is 51.9 Å². The van der Waals surface area contributed by atoms with Crippen LogP contribution in [0.1, 0.15) is 86.2 Å². The van der Waals surface area contributed by atoms with Crippen LogP contribution in [0.5, 0.6) is 0 Å². The summed E-state index contributed by atoms with van der Waals surface area (Å²) in [6, 6.07) is 11.8. The molecule has 4 fully saturated rings. The Labute approximate surface area is 462 Å². The van der Waals surface area contributed by atoms with Crippen LogP contribution in [0.4, 0.5) is 40.3 Å². The standard InChI is InChI=1S/2C19H22F2N4O3.C12H8N2.4CH4O.Mn/c2*1-8-5-24(6-9(2)23-8)17-13(20)15(22)12-16(14(17)21)25(10-3-4-10)7-11(18(12)26)19(27)28;1-3-9-5-6-10-4-2-8-14-12(10)11(9)13-7-1;4*1-2;/h2*7-10,23H,3-6,22H2,1-2H3,(H,27,28);1-8H;4*2H,1H3;/q;;;;;;;+2/p-2/t2*8-,9+;;;;;;. The maximum atomic E-state index is 15.6. The van der Waals surface area contributed by atoms with Crippen molar-refractivity contribution in [3.8, 4) is 0 Å². The Morgan fingerprint density at radius 2 is 0.861 bits per heavy atom. The van der Waals surface area contributed by atoms with Crippen LogP contribution in [0.2, 0.25) is 0 Å². The molecular formula is C54H66F4MnN10O10. The SMILES string of the molecule is CO.CO.CO.CO.C[C@@H]1CN(c2c(F)c(N)c3c(=O)c(C(=O)[O-])cn(C4CC4)c3c2F)C[C@H](C)N1.C[C@@H]1CN(c2c(F)c(N)c3c(=O)c(C(=O)[O-])cn(C4CC4)c3c2F)C[C@H](C)N1.[Mn+2].c1cnc2c(c1)ccc1cccnc12. The van der Waals surface area contributed by atoms with Gasteiger partial charge in [-0.2, -0.15) is 0 Å². The van der Waals surface area contributed by atoms with Gasteiger partial charge in [0.25, 0.3) is 0 Å². The number of pyridine rings is 4. The molecule has 11 rings (SSSR count). The zero-order valence-corrected chi connectivity index (χ0v) is 46.0. The third-order valence-corrected chi connectivity index (χ3v) is 13.1. The molecule has 4 aromatic heterocycles. The van der Waals surface area contributed by atoms with Crippen LogP contribution in [0.3, 0.4) is 0 Å². The topological polar surface area (TPSA) is 314 Å². The molecule has 2 saturated heterocycles. The minimum atomic E-state index is -1.70. The maximum Gasteiger partial charge on any atom is 2.00 e. The Morgan fingerprint density at radius 3 is 1.14 bits per heavy atom. The van der Waals surface area contributed by atoms with E-state index in [1.54, 1.807) is 22.2 Å². The van der Waals surface area contributed by atoms with E-state index < -0.39 is 79.3 Å². The molecule has 2 saturated carbocycles. The molecule has 7 aromatic rings. The number of nitrogen functional groups attached to an aromatic ring is 2. The molecule has 3 aromatic carbocycles. The fourth-order valence-corrected chi connectivity index (χ4v) is 9.93. The van der Waals surface area contributed by atoms with Crippen LogP contribution in [-0.2, 0) is 17.1 Å². The Kier molecular flexibility index (Phi) is 23.1. The van der Waals surface area contributed by atoms with E-state index in [-0.39, 0.29) is 75.7 Å². The van der Waals surface area contributed by atoms with Crippen molar-refractivity contribution in [1.29, 1.82) is 0 Å². The molecule has 4 aliphatic rings. The van der Waals surface area contributed by atoms with E-state index in [9.17, 15) is 29.4 Å². The number of carbonyl (C=O) groups excluding carboxylic acids is 2. The van der Waals surface area contributed by atoms with Gasteiger partial charge in [-0.3, -0.25) is 19.6 Å². The summed E-state index contributed by atoms with van der Waals surface area (Å²) >= 11 is 0. The number of aliphatic hydroxyl groups is 4. The number of rotatable bonds is 6. The fourth-order valence-electron chi connectivity index (χ4n) is 9.93. The second-order valence-corrected chi connectivity index (χ2v) is 18.8. The van der Waals surface area contributed by atoms with Gasteiger partial charge in [-0.1, -0.05) is 24.3 Å². The van der Waals surface area contributed by atoms with E-state index in [0.717, 1.165) is 62.6 Å². The number of aromatic nitrogens is 4. The summed E-state index contributed by atoms with van der Waals surface area (Å²) in [5.41, 5.74) is 8.49. The van der Waals surface area contributed by atoms with Crippen LogP contribution in [0.25, 0.3) is 43.6 Å². The molecule has 0 spiro atoms. The van der Waals surface area contributed by atoms with Gasteiger partial charge in [0.05, 0.1) is 67.3 Å². The van der Waals surface area contributed by atoms with Crippen molar-refractivity contribution in [3.05, 3.63) is 116 Å². The number of nitrogens with zero attached hydrogens (tertiary/aromatic N) is 6. The number of hydrogen-bond donors (Lipinski definition) is 8. The van der Waals surface area contributed by atoms with Gasteiger partial charge in [0.1, 0.15) is 11.4 Å². The number of nitrogens with two attached hydrogens (primary N) is 2. The summed E-state index contributed by atoms with van der Waals surface area (Å²) in [5.74, 6) is -7.26. The van der Waals surface area contributed by atoms with Crippen molar-refractivity contribution < 1.29 is 74.9 Å². The number of carboxylic acids is 2. The number of aliphatic hydroxyl groups excluding tert-OH is 4. The summed E-state index contributed by atoms with van der Waals surface area (Å²) < 4.78 is 64.4. The van der Waals surface area contributed by atoms with Gasteiger partial charge in [-0.05, 0) is 65.5 Å². The van der Waals surface area contributed by atoms with Gasteiger partial charge in [-0.15, -0.1) is 0 Å². The van der Waals surface area contributed by atoms with E-state index in [4.69, 9.17) is 31.9 Å². The summed E-state index contributed by atoms with van der Waals surface area (Å²) in [5, 5.41) is 58.7. The number of carbonyl (C=O) groups is 2. The predicted octanol–water partition coefficient (Wildman–Crippen LogP) is 2.71. The number of carboxylic acid groups (broad SMARTS) is 2. The van der Waals surface area contributed by atoms with Gasteiger partial charge in [-0.25, -0.2) is 17.6 Å². The predicted molar refractivity (Wildman–Crippen MR) is 288 cm³/mol. The van der Waals surface area contributed by atoms with Gasteiger partial charge in [0.15, 0.2) is 23.3 Å². The van der Waals surface area contributed by atoms with Crippen molar-refractivity contribution in [2.45, 2.75) is 89.6 Å². The number of benzene rings is 3. The molecule has 0 amide bonds. The first kappa shape index (κ1) is 64.6. The van der Waals surface area contributed by atoms with Gasteiger partial charge < -0.3 is 81.3 Å². The molecule has 20 nitrogen and oxygen atoms in total. The van der Waals surface area contributed by atoms with Crippen LogP contribution >= 0.6 is 0 Å². The number of hydrogen-bond acceptors (Lipinski definition) is 18. The van der Waals surface area contributed by atoms with Gasteiger partial charge in [0.2, 0.25) is 10.9 Å². The summed E-state index contributed by atoms with van der Waals surface area (Å²) in [4.78, 5) is 59.8. The molecule has 6 heterocycles. The second kappa shape index (κ2) is 28.3. The minimum absolute atomic E-state index is 0. The Hall–Kier alpha value is -6.96. The molecule has 4 atom stereocenters.